The lowest BCUT2D eigenvalue weighted by molar-refractivity contribution is -0.141. The maximum Gasteiger partial charge on any atom is 0.406 e. The Balaban J connectivity index is 1.87. The Morgan fingerprint density at radius 1 is 1.00 bits per heavy atom. The summed E-state index contributed by atoms with van der Waals surface area (Å²) in [6, 6.07) is 12.4. The highest BCUT2D eigenvalue weighted by Gasteiger charge is 2.30. The summed E-state index contributed by atoms with van der Waals surface area (Å²) in [4.78, 5) is 8.16. The van der Waals surface area contributed by atoms with Gasteiger partial charge in [-0.2, -0.15) is 13.2 Å². The monoisotopic (exact) mass is 383 g/mol. The molecule has 3 aromatic rings. The Labute approximate surface area is 151 Å². The molecule has 2 aromatic heterocycles. The summed E-state index contributed by atoms with van der Waals surface area (Å²) in [6.07, 6.45) is -1.25. The maximum absolute atomic E-state index is 13.0. The standard InChI is InChI=1S/C17H13ClF3N3S/c18-15-7-6-12(8-22-15)10-25-16-23-9-14(13-4-2-1-3-5-13)24(16)11-17(19,20)21/h1-9H,10-11H2. The molecule has 130 valence electrons. The number of aromatic nitrogens is 3. The van der Waals surface area contributed by atoms with Crippen LogP contribution in [0.5, 0.6) is 0 Å². The summed E-state index contributed by atoms with van der Waals surface area (Å²) < 4.78 is 40.3. The normalized spacial score (nSPS) is 11.7. The second-order valence-electron chi connectivity index (χ2n) is 5.27. The molecule has 1 aromatic carbocycles. The lowest BCUT2D eigenvalue weighted by atomic mass is 10.2. The van der Waals surface area contributed by atoms with Crippen LogP contribution in [-0.2, 0) is 12.3 Å². The van der Waals surface area contributed by atoms with E-state index >= 15 is 0 Å². The van der Waals surface area contributed by atoms with Crippen molar-refractivity contribution >= 4 is 23.4 Å². The zero-order valence-corrected chi connectivity index (χ0v) is 14.4. The van der Waals surface area contributed by atoms with Gasteiger partial charge in [-0.15, -0.1) is 0 Å². The number of rotatable bonds is 5. The largest absolute Gasteiger partial charge is 0.406 e. The van der Waals surface area contributed by atoms with E-state index in [-0.39, 0.29) is 0 Å². The van der Waals surface area contributed by atoms with Crippen molar-refractivity contribution in [1.29, 1.82) is 0 Å². The number of thioether (sulfide) groups is 1. The van der Waals surface area contributed by atoms with E-state index in [0.29, 0.717) is 27.3 Å². The van der Waals surface area contributed by atoms with Gasteiger partial charge in [0.2, 0.25) is 0 Å². The van der Waals surface area contributed by atoms with Gasteiger partial charge in [-0.1, -0.05) is 59.8 Å². The lowest BCUT2D eigenvalue weighted by Crippen LogP contribution is -2.19. The molecule has 0 aliphatic rings. The molecular weight excluding hydrogens is 371 g/mol. The Bertz CT molecular complexity index is 833. The third-order valence-electron chi connectivity index (χ3n) is 3.38. The Morgan fingerprint density at radius 3 is 2.40 bits per heavy atom. The molecule has 0 saturated heterocycles. The van der Waals surface area contributed by atoms with Crippen LogP contribution in [0.2, 0.25) is 5.15 Å². The van der Waals surface area contributed by atoms with Gasteiger partial charge in [0.15, 0.2) is 5.16 Å². The number of benzene rings is 1. The number of alkyl halides is 3. The molecule has 0 amide bonds. The minimum Gasteiger partial charge on any atom is -0.310 e. The molecule has 0 atom stereocenters. The first kappa shape index (κ1) is 17.8. The predicted molar refractivity (Wildman–Crippen MR) is 92.5 cm³/mol. The average molecular weight is 384 g/mol. The van der Waals surface area contributed by atoms with Crippen LogP contribution >= 0.6 is 23.4 Å². The molecule has 2 heterocycles. The number of halogens is 4. The van der Waals surface area contributed by atoms with Crippen molar-refractivity contribution in [2.45, 2.75) is 23.6 Å². The summed E-state index contributed by atoms with van der Waals surface area (Å²) in [5.74, 6) is 0.452. The number of hydrogen-bond acceptors (Lipinski definition) is 3. The van der Waals surface area contributed by atoms with E-state index in [0.717, 1.165) is 5.56 Å². The van der Waals surface area contributed by atoms with Crippen molar-refractivity contribution in [2.24, 2.45) is 0 Å². The molecule has 0 unspecified atom stereocenters. The first-order chi connectivity index (χ1) is 11.9. The summed E-state index contributed by atoms with van der Waals surface area (Å²) in [7, 11) is 0. The molecule has 0 bridgehead atoms. The highest BCUT2D eigenvalue weighted by molar-refractivity contribution is 7.98. The van der Waals surface area contributed by atoms with Gasteiger partial charge in [0.05, 0.1) is 11.9 Å². The molecule has 0 radical (unpaired) electrons. The molecule has 0 aliphatic heterocycles. The van der Waals surface area contributed by atoms with Gasteiger partial charge < -0.3 is 4.57 Å². The van der Waals surface area contributed by atoms with Crippen LogP contribution in [0.4, 0.5) is 13.2 Å². The van der Waals surface area contributed by atoms with Crippen molar-refractivity contribution in [3.63, 3.8) is 0 Å². The molecule has 0 saturated carbocycles. The van der Waals surface area contributed by atoms with Crippen molar-refractivity contribution in [3.05, 3.63) is 65.6 Å². The van der Waals surface area contributed by atoms with E-state index in [1.807, 2.05) is 6.07 Å². The third kappa shape index (κ3) is 4.76. The number of hydrogen-bond donors (Lipinski definition) is 0. The van der Waals surface area contributed by atoms with Gasteiger partial charge in [0, 0.05) is 11.9 Å². The minimum absolute atomic E-state index is 0.311. The minimum atomic E-state index is -4.33. The number of imidazole rings is 1. The van der Waals surface area contributed by atoms with Gasteiger partial charge in [-0.3, -0.25) is 0 Å². The van der Waals surface area contributed by atoms with Crippen molar-refractivity contribution in [2.75, 3.05) is 0 Å². The number of pyridine rings is 1. The molecule has 8 heteroatoms. The Hall–Kier alpha value is -1.99. The van der Waals surface area contributed by atoms with E-state index < -0.39 is 12.7 Å². The average Bonchev–Trinajstić information content (AvgIpc) is 2.96. The van der Waals surface area contributed by atoms with Crippen LogP contribution in [0.3, 0.4) is 0 Å². The van der Waals surface area contributed by atoms with Crippen LogP contribution in [0.15, 0.2) is 60.0 Å². The van der Waals surface area contributed by atoms with Crippen LogP contribution in [-0.4, -0.2) is 20.7 Å². The maximum atomic E-state index is 13.0. The summed E-state index contributed by atoms with van der Waals surface area (Å²) in [5, 5.41) is 0.685. The van der Waals surface area contributed by atoms with E-state index in [9.17, 15) is 13.2 Å². The quantitative estimate of drug-likeness (QED) is 0.433. The van der Waals surface area contributed by atoms with E-state index in [1.165, 1.54) is 22.5 Å². The first-order valence-electron chi connectivity index (χ1n) is 7.33. The topological polar surface area (TPSA) is 30.7 Å². The molecular formula is C17H13ClF3N3S. The van der Waals surface area contributed by atoms with E-state index in [2.05, 4.69) is 9.97 Å². The SMILES string of the molecule is FC(F)(F)Cn1c(-c2ccccc2)cnc1SCc1ccc(Cl)nc1. The first-order valence-corrected chi connectivity index (χ1v) is 8.70. The molecule has 3 rings (SSSR count). The molecule has 25 heavy (non-hydrogen) atoms. The summed E-state index contributed by atoms with van der Waals surface area (Å²) >= 11 is 6.97. The Morgan fingerprint density at radius 2 is 1.76 bits per heavy atom. The molecule has 0 fully saturated rings. The third-order valence-corrected chi connectivity index (χ3v) is 4.67. The zero-order chi connectivity index (χ0) is 17.9. The highest BCUT2D eigenvalue weighted by atomic mass is 35.5. The van der Waals surface area contributed by atoms with Gasteiger partial charge >= 0.3 is 6.18 Å². The van der Waals surface area contributed by atoms with Crippen molar-refractivity contribution in [3.8, 4) is 11.3 Å². The fourth-order valence-electron chi connectivity index (χ4n) is 2.29. The van der Waals surface area contributed by atoms with Gasteiger partial charge in [-0.05, 0) is 17.2 Å². The fourth-order valence-corrected chi connectivity index (χ4v) is 3.31. The Kier molecular flexibility index (Phi) is 5.34. The van der Waals surface area contributed by atoms with Gasteiger partial charge in [-0.25, -0.2) is 9.97 Å². The zero-order valence-electron chi connectivity index (χ0n) is 12.9. The molecule has 0 aliphatic carbocycles. The lowest BCUT2D eigenvalue weighted by Gasteiger charge is -2.14. The second kappa shape index (κ2) is 7.49. The molecule has 0 N–H and O–H groups in total. The smallest absolute Gasteiger partial charge is 0.310 e. The van der Waals surface area contributed by atoms with Crippen molar-refractivity contribution in [1.82, 2.24) is 14.5 Å². The molecule has 0 spiro atoms. The second-order valence-corrected chi connectivity index (χ2v) is 6.60. The van der Waals surface area contributed by atoms with Gasteiger partial charge in [0.1, 0.15) is 11.7 Å². The molecule has 3 nitrogen and oxygen atoms in total. The van der Waals surface area contributed by atoms with E-state index in [4.69, 9.17) is 11.6 Å². The fraction of sp³-hybridized carbons (Fsp3) is 0.176. The van der Waals surface area contributed by atoms with Crippen LogP contribution in [0.1, 0.15) is 5.56 Å². The van der Waals surface area contributed by atoms with Gasteiger partial charge in [0.25, 0.3) is 0 Å². The van der Waals surface area contributed by atoms with Crippen molar-refractivity contribution < 1.29 is 13.2 Å². The van der Waals surface area contributed by atoms with Crippen LogP contribution in [0, 0.1) is 0 Å². The predicted octanol–water partition coefficient (Wildman–Crippen LogP) is 5.45. The summed E-state index contributed by atoms with van der Waals surface area (Å²) in [5.41, 5.74) is 1.99. The highest BCUT2D eigenvalue weighted by Crippen LogP contribution is 2.31. The van der Waals surface area contributed by atoms with Crippen LogP contribution in [0.25, 0.3) is 11.3 Å². The summed E-state index contributed by atoms with van der Waals surface area (Å²) in [6.45, 7) is -1.08. The number of nitrogens with zero attached hydrogens (tertiary/aromatic N) is 3. The van der Waals surface area contributed by atoms with Crippen LogP contribution < -0.4 is 0 Å². The van der Waals surface area contributed by atoms with E-state index in [1.54, 1.807) is 42.6 Å².